The Morgan fingerprint density at radius 2 is 1.53 bits per heavy atom. The van der Waals surface area contributed by atoms with E-state index in [0.29, 0.717) is 18.7 Å². The van der Waals surface area contributed by atoms with Gasteiger partial charge in [0.05, 0.1) is 12.5 Å². The van der Waals surface area contributed by atoms with Gasteiger partial charge in [-0.3, -0.25) is 9.69 Å². The van der Waals surface area contributed by atoms with E-state index in [1.165, 1.54) is 12.1 Å². The van der Waals surface area contributed by atoms with Crippen LogP contribution in [0, 0.1) is 5.82 Å². The van der Waals surface area contributed by atoms with Gasteiger partial charge in [0.25, 0.3) is 0 Å². The molecule has 0 radical (unpaired) electrons. The highest BCUT2D eigenvalue weighted by molar-refractivity contribution is 6.01. The fourth-order valence-electron chi connectivity index (χ4n) is 4.37. The largest absolute Gasteiger partial charge is 0.494 e. The lowest BCUT2D eigenvalue weighted by molar-refractivity contribution is 0.0931. The SMILES string of the molecule is CCCCOc1ccc(C(=O)C(CN2CCN(c3ccc(F)cc3)CC2)c2ccccc2)cc1.Cl.Cl. The number of nitrogens with zero attached hydrogens (tertiary/aromatic N) is 2. The molecule has 0 saturated carbocycles. The Labute approximate surface area is 226 Å². The summed E-state index contributed by atoms with van der Waals surface area (Å²) in [5.74, 6) is 0.489. The summed E-state index contributed by atoms with van der Waals surface area (Å²) in [5.41, 5.74) is 2.79. The number of unbranched alkanes of at least 4 members (excludes halogenated alkanes) is 1. The number of carbonyl (C=O) groups excluding carboxylic acids is 1. The average Bonchev–Trinajstić information content (AvgIpc) is 2.89. The molecule has 0 spiro atoms. The summed E-state index contributed by atoms with van der Waals surface area (Å²) in [6.07, 6.45) is 2.11. The average molecular weight is 534 g/mol. The molecule has 1 unspecified atom stereocenters. The number of ether oxygens (including phenoxy) is 1. The number of benzene rings is 3. The predicted molar refractivity (Wildman–Crippen MR) is 150 cm³/mol. The van der Waals surface area contributed by atoms with Crippen LogP contribution in [0.4, 0.5) is 10.1 Å². The lowest BCUT2D eigenvalue weighted by atomic mass is 9.90. The molecule has 0 aliphatic carbocycles. The maximum Gasteiger partial charge on any atom is 0.171 e. The van der Waals surface area contributed by atoms with Crippen LogP contribution in [-0.4, -0.2) is 50.0 Å². The molecule has 0 bridgehead atoms. The molecular weight excluding hydrogens is 498 g/mol. The topological polar surface area (TPSA) is 32.8 Å². The maximum atomic E-state index is 13.6. The first-order valence-corrected chi connectivity index (χ1v) is 12.2. The van der Waals surface area contributed by atoms with Crippen LogP contribution in [-0.2, 0) is 0 Å². The zero-order valence-electron chi connectivity index (χ0n) is 20.6. The Morgan fingerprint density at radius 1 is 0.889 bits per heavy atom. The highest BCUT2D eigenvalue weighted by Crippen LogP contribution is 2.25. The lowest BCUT2D eigenvalue weighted by Crippen LogP contribution is -2.48. The minimum Gasteiger partial charge on any atom is -0.494 e. The number of hydrogen-bond donors (Lipinski definition) is 0. The predicted octanol–water partition coefficient (Wildman–Crippen LogP) is 6.64. The second-order valence-corrected chi connectivity index (χ2v) is 8.82. The van der Waals surface area contributed by atoms with Gasteiger partial charge in [-0.15, -0.1) is 24.8 Å². The molecule has 1 heterocycles. The zero-order valence-corrected chi connectivity index (χ0v) is 22.3. The quantitative estimate of drug-likeness (QED) is 0.216. The van der Waals surface area contributed by atoms with E-state index >= 15 is 0 Å². The molecule has 1 fully saturated rings. The van der Waals surface area contributed by atoms with Crippen molar-refractivity contribution in [3.05, 3.63) is 95.8 Å². The Kier molecular flexibility index (Phi) is 12.2. The van der Waals surface area contributed by atoms with Crippen molar-refractivity contribution in [2.45, 2.75) is 25.7 Å². The van der Waals surface area contributed by atoms with Gasteiger partial charge < -0.3 is 9.64 Å². The van der Waals surface area contributed by atoms with Crippen molar-refractivity contribution < 1.29 is 13.9 Å². The van der Waals surface area contributed by atoms with Crippen molar-refractivity contribution >= 4 is 36.3 Å². The van der Waals surface area contributed by atoms with Gasteiger partial charge in [0.1, 0.15) is 11.6 Å². The fraction of sp³-hybridized carbons (Fsp3) is 0.345. The van der Waals surface area contributed by atoms with Crippen LogP contribution in [0.15, 0.2) is 78.9 Å². The number of anilines is 1. The Hall–Kier alpha value is -2.60. The zero-order chi connectivity index (χ0) is 23.8. The summed E-state index contributed by atoms with van der Waals surface area (Å²) in [7, 11) is 0. The van der Waals surface area contributed by atoms with Gasteiger partial charge in [-0.1, -0.05) is 43.7 Å². The minimum atomic E-state index is -0.231. The molecule has 4 nitrogen and oxygen atoms in total. The van der Waals surface area contributed by atoms with Gasteiger partial charge >= 0.3 is 0 Å². The van der Waals surface area contributed by atoms with Crippen molar-refractivity contribution in [2.75, 3.05) is 44.2 Å². The second kappa shape index (κ2) is 14.8. The van der Waals surface area contributed by atoms with Crippen LogP contribution in [0.2, 0.25) is 0 Å². The highest BCUT2D eigenvalue weighted by Gasteiger charge is 2.27. The van der Waals surface area contributed by atoms with Crippen molar-refractivity contribution in [1.29, 1.82) is 0 Å². The van der Waals surface area contributed by atoms with Crippen LogP contribution < -0.4 is 9.64 Å². The van der Waals surface area contributed by atoms with E-state index in [0.717, 1.165) is 56.0 Å². The third-order valence-electron chi connectivity index (χ3n) is 6.43. The van der Waals surface area contributed by atoms with E-state index in [-0.39, 0.29) is 42.3 Å². The highest BCUT2D eigenvalue weighted by atomic mass is 35.5. The molecule has 7 heteroatoms. The standard InChI is InChI=1S/C29H33FN2O2.2ClH/c1-2-3-21-34-27-15-9-24(10-16-27)29(33)28(23-7-5-4-6-8-23)22-31-17-19-32(20-18-31)26-13-11-25(30)12-14-26;;/h4-16,28H,2-3,17-22H2,1H3;2*1H. The van der Waals surface area contributed by atoms with Gasteiger partial charge in [-0.2, -0.15) is 0 Å². The molecule has 0 N–H and O–H groups in total. The molecule has 36 heavy (non-hydrogen) atoms. The van der Waals surface area contributed by atoms with E-state index in [9.17, 15) is 9.18 Å². The molecule has 194 valence electrons. The van der Waals surface area contributed by atoms with Crippen LogP contribution in [0.25, 0.3) is 0 Å². The van der Waals surface area contributed by atoms with E-state index in [4.69, 9.17) is 4.74 Å². The maximum absolute atomic E-state index is 13.6. The molecule has 0 amide bonds. The summed E-state index contributed by atoms with van der Waals surface area (Å²) < 4.78 is 19.0. The lowest BCUT2D eigenvalue weighted by Gasteiger charge is -2.37. The van der Waals surface area contributed by atoms with E-state index < -0.39 is 0 Å². The Balaban J connectivity index is 0.00000228. The number of rotatable bonds is 10. The molecule has 3 aromatic rings. The van der Waals surface area contributed by atoms with E-state index in [1.807, 2.05) is 66.7 Å². The molecule has 3 aromatic carbocycles. The molecule has 1 aliphatic heterocycles. The van der Waals surface area contributed by atoms with Crippen LogP contribution >= 0.6 is 24.8 Å². The van der Waals surface area contributed by atoms with Crippen molar-refractivity contribution in [3.63, 3.8) is 0 Å². The van der Waals surface area contributed by atoms with Crippen LogP contribution in [0.5, 0.6) is 5.75 Å². The monoisotopic (exact) mass is 532 g/mol. The van der Waals surface area contributed by atoms with E-state index in [1.54, 1.807) is 0 Å². The normalized spacial score (nSPS) is 14.3. The minimum absolute atomic E-state index is 0. The molecule has 1 aliphatic rings. The summed E-state index contributed by atoms with van der Waals surface area (Å²) in [6.45, 7) is 6.93. The molecule has 1 saturated heterocycles. The van der Waals surface area contributed by atoms with Gasteiger partial charge in [-0.25, -0.2) is 4.39 Å². The number of halogens is 3. The third-order valence-corrected chi connectivity index (χ3v) is 6.43. The fourth-order valence-corrected chi connectivity index (χ4v) is 4.37. The summed E-state index contributed by atoms with van der Waals surface area (Å²) in [5, 5.41) is 0. The number of Topliss-reactive ketones (excluding diaryl/α,β-unsaturated/α-hetero) is 1. The number of carbonyl (C=O) groups is 1. The first-order valence-electron chi connectivity index (χ1n) is 12.2. The summed E-state index contributed by atoms with van der Waals surface area (Å²) in [6, 6.07) is 24.3. The molecular formula is C29H35Cl2FN2O2. The van der Waals surface area contributed by atoms with Gasteiger partial charge in [0.15, 0.2) is 5.78 Å². The van der Waals surface area contributed by atoms with Gasteiger partial charge in [0.2, 0.25) is 0 Å². The number of piperazine rings is 1. The molecule has 4 rings (SSSR count). The Bertz CT molecular complexity index is 1040. The third kappa shape index (κ3) is 7.95. The number of ketones is 1. The summed E-state index contributed by atoms with van der Waals surface area (Å²) >= 11 is 0. The van der Waals surface area contributed by atoms with Crippen molar-refractivity contribution in [1.82, 2.24) is 4.90 Å². The molecule has 0 aromatic heterocycles. The summed E-state index contributed by atoms with van der Waals surface area (Å²) in [4.78, 5) is 18.2. The van der Waals surface area contributed by atoms with Crippen LogP contribution in [0.1, 0.15) is 41.6 Å². The van der Waals surface area contributed by atoms with Crippen LogP contribution in [0.3, 0.4) is 0 Å². The smallest absolute Gasteiger partial charge is 0.171 e. The first kappa shape index (κ1) is 29.6. The van der Waals surface area contributed by atoms with Gasteiger partial charge in [0, 0.05) is 44.0 Å². The van der Waals surface area contributed by atoms with E-state index in [2.05, 4.69) is 16.7 Å². The van der Waals surface area contributed by atoms with Crippen molar-refractivity contribution in [2.24, 2.45) is 0 Å². The van der Waals surface area contributed by atoms with Crippen molar-refractivity contribution in [3.8, 4) is 5.75 Å². The second-order valence-electron chi connectivity index (χ2n) is 8.82. The Morgan fingerprint density at radius 3 is 2.14 bits per heavy atom. The van der Waals surface area contributed by atoms with Gasteiger partial charge in [-0.05, 0) is 60.5 Å². The first-order chi connectivity index (χ1) is 16.6. The molecule has 1 atom stereocenters. The number of hydrogen-bond acceptors (Lipinski definition) is 4.